The van der Waals surface area contributed by atoms with Gasteiger partial charge in [-0.05, 0) is 42.7 Å². The van der Waals surface area contributed by atoms with Crippen molar-refractivity contribution < 1.29 is 22.7 Å². The van der Waals surface area contributed by atoms with Crippen LogP contribution < -0.4 is 15.0 Å². The minimum Gasteiger partial charge on any atom is -0.494 e. The van der Waals surface area contributed by atoms with Crippen LogP contribution in [0.1, 0.15) is 24.8 Å². The van der Waals surface area contributed by atoms with Crippen molar-refractivity contribution in [1.82, 2.24) is 0 Å². The number of hydrogen-bond acceptors (Lipinski definition) is 5. The molecule has 2 amide bonds. The van der Waals surface area contributed by atoms with E-state index < -0.39 is 9.84 Å². The molecule has 0 atom stereocenters. The number of benzene rings is 2. The largest absolute Gasteiger partial charge is 0.494 e. The third kappa shape index (κ3) is 5.14. The molecular weight excluding hydrogens is 392 g/mol. The lowest BCUT2D eigenvalue weighted by Gasteiger charge is -2.19. The second-order valence-corrected chi connectivity index (χ2v) is 9.02. The first-order chi connectivity index (χ1) is 13.8. The molecule has 0 saturated carbocycles. The Balaban J connectivity index is 1.61. The van der Waals surface area contributed by atoms with E-state index in [1.165, 1.54) is 7.11 Å². The van der Waals surface area contributed by atoms with Crippen LogP contribution in [0.5, 0.6) is 5.75 Å². The van der Waals surface area contributed by atoms with Gasteiger partial charge in [0, 0.05) is 37.4 Å². The zero-order valence-corrected chi connectivity index (χ0v) is 17.3. The van der Waals surface area contributed by atoms with Crippen molar-refractivity contribution in [2.75, 3.05) is 30.1 Å². The van der Waals surface area contributed by atoms with Crippen molar-refractivity contribution in [3.05, 3.63) is 48.0 Å². The molecule has 1 N–H and O–H groups in total. The van der Waals surface area contributed by atoms with E-state index in [0.29, 0.717) is 36.5 Å². The molecule has 3 rings (SSSR count). The molecule has 0 aromatic heterocycles. The predicted molar refractivity (Wildman–Crippen MR) is 111 cm³/mol. The second kappa shape index (κ2) is 8.65. The number of ether oxygens (including phenoxy) is 1. The van der Waals surface area contributed by atoms with Gasteiger partial charge in [0.1, 0.15) is 5.75 Å². The van der Waals surface area contributed by atoms with E-state index in [2.05, 4.69) is 5.32 Å². The van der Waals surface area contributed by atoms with Crippen LogP contribution in [0, 0.1) is 0 Å². The minimum atomic E-state index is -3.23. The molecular formula is C21H24N2O5S. The van der Waals surface area contributed by atoms with E-state index >= 15 is 0 Å². The van der Waals surface area contributed by atoms with Gasteiger partial charge in [-0.15, -0.1) is 0 Å². The second-order valence-electron chi connectivity index (χ2n) is 7.00. The average molecular weight is 416 g/mol. The first-order valence-electron chi connectivity index (χ1n) is 9.35. The Kier molecular flexibility index (Phi) is 6.22. The molecule has 2 aromatic carbocycles. The van der Waals surface area contributed by atoms with Gasteiger partial charge in [-0.2, -0.15) is 0 Å². The Morgan fingerprint density at radius 1 is 1.17 bits per heavy atom. The summed E-state index contributed by atoms with van der Waals surface area (Å²) in [5.74, 6) is 0.445. The average Bonchev–Trinajstić information content (AvgIpc) is 3.11. The van der Waals surface area contributed by atoms with Gasteiger partial charge in [0.05, 0.1) is 17.7 Å². The fourth-order valence-electron chi connectivity index (χ4n) is 3.27. The third-order valence-electron chi connectivity index (χ3n) is 4.82. The van der Waals surface area contributed by atoms with Gasteiger partial charge in [0.2, 0.25) is 11.8 Å². The molecule has 0 radical (unpaired) electrons. The normalized spacial score (nSPS) is 14.1. The van der Waals surface area contributed by atoms with Crippen LogP contribution in [0.15, 0.2) is 47.4 Å². The van der Waals surface area contributed by atoms with E-state index in [-0.39, 0.29) is 23.1 Å². The highest BCUT2D eigenvalue weighted by Crippen LogP contribution is 2.33. The summed E-state index contributed by atoms with van der Waals surface area (Å²) in [5.41, 5.74) is 2.18. The van der Waals surface area contributed by atoms with Gasteiger partial charge in [0.15, 0.2) is 9.84 Å². The van der Waals surface area contributed by atoms with Crippen molar-refractivity contribution >= 4 is 33.0 Å². The first-order valence-corrected chi connectivity index (χ1v) is 11.2. The van der Waals surface area contributed by atoms with Crippen LogP contribution in [-0.4, -0.2) is 40.1 Å². The topological polar surface area (TPSA) is 92.8 Å². The summed E-state index contributed by atoms with van der Waals surface area (Å²) in [5, 5.41) is 2.83. The summed E-state index contributed by atoms with van der Waals surface area (Å²) in [7, 11) is -1.69. The Labute approximate surface area is 170 Å². The van der Waals surface area contributed by atoms with Crippen LogP contribution in [0.4, 0.5) is 11.4 Å². The lowest BCUT2D eigenvalue weighted by atomic mass is 10.1. The number of nitrogens with zero attached hydrogens (tertiary/aromatic N) is 1. The van der Waals surface area contributed by atoms with Crippen molar-refractivity contribution in [1.29, 1.82) is 0 Å². The van der Waals surface area contributed by atoms with Gasteiger partial charge >= 0.3 is 0 Å². The van der Waals surface area contributed by atoms with Crippen molar-refractivity contribution in [3.8, 4) is 5.75 Å². The number of methoxy groups -OCH3 is 1. The summed E-state index contributed by atoms with van der Waals surface area (Å²) < 4.78 is 28.4. The van der Waals surface area contributed by atoms with E-state index in [9.17, 15) is 18.0 Å². The minimum absolute atomic E-state index is 0.0713. The molecule has 1 fully saturated rings. The van der Waals surface area contributed by atoms with Crippen LogP contribution >= 0.6 is 0 Å². The number of anilines is 2. The molecule has 1 aliphatic heterocycles. The fourth-order valence-corrected chi connectivity index (χ4v) is 3.90. The Morgan fingerprint density at radius 2 is 1.90 bits per heavy atom. The number of rotatable bonds is 7. The van der Waals surface area contributed by atoms with E-state index in [1.54, 1.807) is 47.4 Å². The highest BCUT2D eigenvalue weighted by Gasteiger charge is 2.24. The Hall–Kier alpha value is -2.87. The molecule has 1 aliphatic rings. The monoisotopic (exact) mass is 416 g/mol. The Morgan fingerprint density at radius 3 is 2.48 bits per heavy atom. The molecule has 0 spiro atoms. The Bertz CT molecular complexity index is 1020. The number of aryl methyl sites for hydroxylation is 1. The zero-order chi connectivity index (χ0) is 21.0. The summed E-state index contributed by atoms with van der Waals surface area (Å²) >= 11 is 0. The number of amides is 2. The number of hydrogen-bond donors (Lipinski definition) is 1. The molecule has 154 valence electrons. The molecule has 0 bridgehead atoms. The van der Waals surface area contributed by atoms with Gasteiger partial charge in [-0.3, -0.25) is 9.59 Å². The lowest BCUT2D eigenvalue weighted by Crippen LogP contribution is -2.24. The summed E-state index contributed by atoms with van der Waals surface area (Å²) in [6.45, 7) is 0.666. The van der Waals surface area contributed by atoms with Crippen molar-refractivity contribution in [2.24, 2.45) is 0 Å². The third-order valence-corrected chi connectivity index (χ3v) is 5.95. The molecule has 7 nitrogen and oxygen atoms in total. The molecule has 2 aromatic rings. The highest BCUT2D eigenvalue weighted by molar-refractivity contribution is 7.90. The summed E-state index contributed by atoms with van der Waals surface area (Å²) in [6, 6.07) is 11.8. The maximum Gasteiger partial charge on any atom is 0.227 e. The molecule has 29 heavy (non-hydrogen) atoms. The van der Waals surface area contributed by atoms with Gasteiger partial charge in [-0.1, -0.05) is 12.1 Å². The van der Waals surface area contributed by atoms with Gasteiger partial charge in [-0.25, -0.2) is 8.42 Å². The molecule has 0 aliphatic carbocycles. The smallest absolute Gasteiger partial charge is 0.227 e. The molecule has 0 unspecified atom stereocenters. The van der Waals surface area contributed by atoms with E-state index in [1.807, 2.05) is 0 Å². The maximum atomic E-state index is 12.3. The van der Waals surface area contributed by atoms with Crippen LogP contribution in [0.3, 0.4) is 0 Å². The van der Waals surface area contributed by atoms with Crippen LogP contribution in [-0.2, 0) is 25.8 Å². The number of carbonyl (C=O) groups excluding carboxylic acids is 2. The fraction of sp³-hybridized carbons (Fsp3) is 0.333. The van der Waals surface area contributed by atoms with Crippen molar-refractivity contribution in [3.63, 3.8) is 0 Å². The summed E-state index contributed by atoms with van der Waals surface area (Å²) in [4.78, 5) is 26.2. The summed E-state index contributed by atoms with van der Waals surface area (Å²) in [6.07, 6.45) is 3.27. The van der Waals surface area contributed by atoms with Crippen molar-refractivity contribution in [2.45, 2.75) is 30.6 Å². The van der Waals surface area contributed by atoms with Crippen LogP contribution in [0.25, 0.3) is 0 Å². The number of nitrogens with one attached hydrogen (secondary N) is 1. The molecule has 8 heteroatoms. The zero-order valence-electron chi connectivity index (χ0n) is 16.5. The van der Waals surface area contributed by atoms with Gasteiger partial charge < -0.3 is 15.0 Å². The number of carbonyl (C=O) groups is 2. The highest BCUT2D eigenvalue weighted by atomic mass is 32.2. The predicted octanol–water partition coefficient (Wildman–Crippen LogP) is 2.80. The van der Waals surface area contributed by atoms with Crippen LogP contribution in [0.2, 0.25) is 0 Å². The van der Waals surface area contributed by atoms with E-state index in [4.69, 9.17) is 4.74 Å². The maximum absolute atomic E-state index is 12.3. The standard InChI is InChI=1S/C21H24N2O5S/c1-28-19-14-16(8-11-18(19)23-13-3-4-21(23)25)22-20(24)12-7-15-5-9-17(10-6-15)29(2,26)27/h5-6,8-11,14H,3-4,7,12-13H2,1-2H3,(H,22,24). The van der Waals surface area contributed by atoms with E-state index in [0.717, 1.165) is 18.2 Å². The SMILES string of the molecule is COc1cc(NC(=O)CCc2ccc(S(C)(=O)=O)cc2)ccc1N1CCCC1=O. The van der Waals surface area contributed by atoms with Gasteiger partial charge in [0.25, 0.3) is 0 Å². The molecule has 1 saturated heterocycles. The molecule has 1 heterocycles. The first kappa shape index (κ1) is 20.9. The number of sulfone groups is 1. The quantitative estimate of drug-likeness (QED) is 0.749. The lowest BCUT2D eigenvalue weighted by molar-refractivity contribution is -0.117.